The van der Waals surface area contributed by atoms with E-state index in [0.717, 1.165) is 29.0 Å². The number of carbonyl (C=O) groups excluding carboxylic acids is 2. The summed E-state index contributed by atoms with van der Waals surface area (Å²) in [5.41, 5.74) is 3.43. The molecule has 1 aliphatic rings. The monoisotopic (exact) mass is 333 g/mol. The van der Waals surface area contributed by atoms with Gasteiger partial charge in [0.15, 0.2) is 0 Å². The van der Waals surface area contributed by atoms with Crippen molar-refractivity contribution in [3.63, 3.8) is 0 Å². The van der Waals surface area contributed by atoms with Gasteiger partial charge in [0.1, 0.15) is 5.75 Å². The molecule has 0 spiro atoms. The fourth-order valence-corrected chi connectivity index (χ4v) is 3.08. The van der Waals surface area contributed by atoms with Gasteiger partial charge in [-0.3, -0.25) is 14.5 Å². The molecule has 1 heterocycles. The number of hydrogen-bond acceptors (Lipinski definition) is 4. The molecule has 1 saturated heterocycles. The molecule has 0 bridgehead atoms. The molecule has 1 aromatic rings. The molecule has 24 heavy (non-hydrogen) atoms. The number of ether oxygens (including phenoxy) is 1. The Morgan fingerprint density at radius 2 is 2.12 bits per heavy atom. The van der Waals surface area contributed by atoms with Gasteiger partial charge in [-0.2, -0.15) is 0 Å². The Balaban J connectivity index is 2.17. The van der Waals surface area contributed by atoms with Crippen LogP contribution in [0.4, 0.5) is 0 Å². The van der Waals surface area contributed by atoms with Crippen molar-refractivity contribution in [3.05, 3.63) is 28.8 Å². The van der Waals surface area contributed by atoms with Gasteiger partial charge >= 0.3 is 0 Å². The summed E-state index contributed by atoms with van der Waals surface area (Å²) in [5, 5.41) is 5.63. The molecular weight excluding hydrogens is 306 g/mol. The lowest BCUT2D eigenvalue weighted by molar-refractivity contribution is -0.134. The Bertz CT molecular complexity index is 616. The summed E-state index contributed by atoms with van der Waals surface area (Å²) in [4.78, 5) is 26.2. The maximum atomic E-state index is 12.2. The Morgan fingerprint density at radius 3 is 2.79 bits per heavy atom. The molecule has 6 nitrogen and oxygen atoms in total. The summed E-state index contributed by atoms with van der Waals surface area (Å²) in [6, 6.07) is 3.57. The van der Waals surface area contributed by atoms with Gasteiger partial charge in [0, 0.05) is 26.2 Å². The zero-order valence-electron chi connectivity index (χ0n) is 14.9. The highest BCUT2D eigenvalue weighted by atomic mass is 16.5. The van der Waals surface area contributed by atoms with Crippen molar-refractivity contribution in [2.45, 2.75) is 39.8 Å². The van der Waals surface area contributed by atoms with E-state index in [0.29, 0.717) is 19.6 Å². The van der Waals surface area contributed by atoms with Crippen LogP contribution in [0.5, 0.6) is 5.75 Å². The maximum Gasteiger partial charge on any atom is 0.237 e. The van der Waals surface area contributed by atoms with Crippen LogP contribution < -0.4 is 15.4 Å². The molecule has 2 N–H and O–H groups in total. The van der Waals surface area contributed by atoms with Crippen molar-refractivity contribution in [2.24, 2.45) is 0 Å². The summed E-state index contributed by atoms with van der Waals surface area (Å²) in [6.45, 7) is 8.54. The van der Waals surface area contributed by atoms with Crippen molar-refractivity contribution in [1.82, 2.24) is 15.5 Å². The highest BCUT2D eigenvalue weighted by molar-refractivity contribution is 5.88. The number of piperazine rings is 1. The molecule has 2 amide bonds. The summed E-state index contributed by atoms with van der Waals surface area (Å²) in [5.74, 6) is 0.703. The van der Waals surface area contributed by atoms with Crippen LogP contribution in [0.1, 0.15) is 30.0 Å². The first kappa shape index (κ1) is 18.3. The van der Waals surface area contributed by atoms with Crippen molar-refractivity contribution < 1.29 is 14.3 Å². The van der Waals surface area contributed by atoms with Crippen LogP contribution in [-0.4, -0.2) is 49.5 Å². The Morgan fingerprint density at radius 1 is 1.38 bits per heavy atom. The minimum absolute atomic E-state index is 0.0737. The normalized spacial score (nSPS) is 18.2. The smallest absolute Gasteiger partial charge is 0.237 e. The van der Waals surface area contributed by atoms with E-state index in [1.165, 1.54) is 0 Å². The van der Waals surface area contributed by atoms with Gasteiger partial charge in [-0.15, -0.1) is 0 Å². The third kappa shape index (κ3) is 4.06. The van der Waals surface area contributed by atoms with Crippen LogP contribution in [-0.2, 0) is 16.1 Å². The highest BCUT2D eigenvalue weighted by Gasteiger charge is 2.31. The van der Waals surface area contributed by atoms with Crippen LogP contribution in [0, 0.1) is 13.8 Å². The standard InChI is InChI=1S/C18H27N3O3/c1-5-19-17(22)10-15-18(23)20-8-9-21(15)11-14-6-7-16(24-4)13(3)12(14)2/h6-7,15H,5,8-11H2,1-4H3,(H,19,22)(H,20,23)/t15-/m0/s1. The first-order valence-electron chi connectivity index (χ1n) is 8.39. The van der Waals surface area contributed by atoms with E-state index in [2.05, 4.69) is 22.5 Å². The SMILES string of the molecule is CCNC(=O)C[C@H]1C(=O)NCCN1Cc1ccc(OC)c(C)c1C. The fourth-order valence-electron chi connectivity index (χ4n) is 3.08. The van der Waals surface area contributed by atoms with Crippen molar-refractivity contribution >= 4 is 11.8 Å². The van der Waals surface area contributed by atoms with Crippen LogP contribution >= 0.6 is 0 Å². The lowest BCUT2D eigenvalue weighted by Crippen LogP contribution is -2.56. The van der Waals surface area contributed by atoms with Crippen LogP contribution in [0.3, 0.4) is 0 Å². The van der Waals surface area contributed by atoms with E-state index in [1.54, 1.807) is 7.11 Å². The quantitative estimate of drug-likeness (QED) is 0.819. The molecule has 0 aromatic heterocycles. The number of carbonyl (C=O) groups is 2. The number of hydrogen-bond donors (Lipinski definition) is 2. The number of benzene rings is 1. The van der Waals surface area contributed by atoms with Gasteiger partial charge in [-0.25, -0.2) is 0 Å². The molecule has 0 radical (unpaired) electrons. The van der Waals surface area contributed by atoms with Gasteiger partial charge in [-0.05, 0) is 43.5 Å². The van der Waals surface area contributed by atoms with Crippen LogP contribution in [0.2, 0.25) is 0 Å². The van der Waals surface area contributed by atoms with E-state index in [9.17, 15) is 9.59 Å². The summed E-state index contributed by atoms with van der Waals surface area (Å²) < 4.78 is 5.36. The molecule has 1 aromatic carbocycles. The number of nitrogens with one attached hydrogen (secondary N) is 2. The first-order valence-corrected chi connectivity index (χ1v) is 8.39. The molecule has 0 aliphatic carbocycles. The van der Waals surface area contributed by atoms with Gasteiger partial charge < -0.3 is 15.4 Å². The second-order valence-corrected chi connectivity index (χ2v) is 6.11. The van der Waals surface area contributed by atoms with E-state index >= 15 is 0 Å². The molecule has 2 rings (SSSR count). The Kier molecular flexibility index (Phi) is 6.20. The second-order valence-electron chi connectivity index (χ2n) is 6.11. The maximum absolute atomic E-state index is 12.2. The topological polar surface area (TPSA) is 70.7 Å². The molecule has 1 atom stereocenters. The van der Waals surface area contributed by atoms with E-state index in [-0.39, 0.29) is 18.2 Å². The van der Waals surface area contributed by atoms with Crippen molar-refractivity contribution in [3.8, 4) is 5.75 Å². The summed E-state index contributed by atoms with van der Waals surface area (Å²) >= 11 is 0. The van der Waals surface area contributed by atoms with E-state index < -0.39 is 6.04 Å². The molecule has 1 fully saturated rings. The van der Waals surface area contributed by atoms with Gasteiger partial charge in [0.05, 0.1) is 19.6 Å². The second kappa shape index (κ2) is 8.15. The average molecular weight is 333 g/mol. The highest BCUT2D eigenvalue weighted by Crippen LogP contribution is 2.25. The van der Waals surface area contributed by atoms with Gasteiger partial charge in [-0.1, -0.05) is 6.07 Å². The molecule has 132 valence electrons. The Hall–Kier alpha value is -2.08. The lowest BCUT2D eigenvalue weighted by Gasteiger charge is -2.35. The average Bonchev–Trinajstić information content (AvgIpc) is 2.55. The van der Waals surface area contributed by atoms with E-state index in [4.69, 9.17) is 4.74 Å². The number of methoxy groups -OCH3 is 1. The molecule has 6 heteroatoms. The van der Waals surface area contributed by atoms with Crippen LogP contribution in [0.25, 0.3) is 0 Å². The van der Waals surface area contributed by atoms with Gasteiger partial charge in [0.25, 0.3) is 0 Å². The molecular formula is C18H27N3O3. The van der Waals surface area contributed by atoms with Crippen molar-refractivity contribution in [1.29, 1.82) is 0 Å². The third-order valence-corrected chi connectivity index (χ3v) is 4.64. The predicted molar refractivity (Wildman–Crippen MR) is 93.0 cm³/mol. The van der Waals surface area contributed by atoms with Crippen molar-refractivity contribution in [2.75, 3.05) is 26.7 Å². The van der Waals surface area contributed by atoms with Crippen LogP contribution in [0.15, 0.2) is 12.1 Å². The lowest BCUT2D eigenvalue weighted by atomic mass is 10.00. The largest absolute Gasteiger partial charge is 0.496 e. The van der Waals surface area contributed by atoms with Gasteiger partial charge in [0.2, 0.25) is 11.8 Å². The number of nitrogens with zero attached hydrogens (tertiary/aromatic N) is 1. The molecule has 0 saturated carbocycles. The zero-order valence-corrected chi connectivity index (χ0v) is 14.9. The number of rotatable bonds is 6. The van der Waals surface area contributed by atoms with E-state index in [1.807, 2.05) is 26.0 Å². The zero-order chi connectivity index (χ0) is 17.7. The first-order chi connectivity index (χ1) is 11.5. The minimum Gasteiger partial charge on any atom is -0.496 e. The summed E-state index contributed by atoms with van der Waals surface area (Å²) in [6.07, 6.45) is 0.188. The molecule has 1 aliphatic heterocycles. The molecule has 0 unspecified atom stereocenters. The summed E-state index contributed by atoms with van der Waals surface area (Å²) in [7, 11) is 1.67. The number of amides is 2. The third-order valence-electron chi connectivity index (χ3n) is 4.64. The Labute approximate surface area is 143 Å². The minimum atomic E-state index is -0.424. The predicted octanol–water partition coefficient (Wildman–Crippen LogP) is 1.14. The fraction of sp³-hybridized carbons (Fsp3) is 0.556.